The van der Waals surface area contributed by atoms with Crippen molar-refractivity contribution < 1.29 is 0 Å². The van der Waals surface area contributed by atoms with Gasteiger partial charge in [-0.15, -0.1) is 0 Å². The van der Waals surface area contributed by atoms with Crippen LogP contribution in [-0.2, 0) is 7.05 Å². The Kier molecular flexibility index (Phi) is 2.17. The van der Waals surface area contributed by atoms with E-state index in [9.17, 15) is 0 Å². The lowest BCUT2D eigenvalue weighted by molar-refractivity contribution is 0.533. The van der Waals surface area contributed by atoms with Gasteiger partial charge < -0.3 is 9.88 Å². The smallest absolute Gasteiger partial charge is 0.114 e. The van der Waals surface area contributed by atoms with Crippen LogP contribution in [0.2, 0.25) is 0 Å². The van der Waals surface area contributed by atoms with Crippen molar-refractivity contribution >= 4 is 11.0 Å². The van der Waals surface area contributed by atoms with Gasteiger partial charge in [0.05, 0.1) is 11.7 Å². The van der Waals surface area contributed by atoms with Gasteiger partial charge in [0.25, 0.3) is 0 Å². The molecule has 0 aliphatic carbocycles. The summed E-state index contributed by atoms with van der Waals surface area (Å²) < 4.78 is 2.20. The van der Waals surface area contributed by atoms with E-state index in [1.54, 1.807) is 0 Å². The van der Waals surface area contributed by atoms with Crippen LogP contribution in [0.25, 0.3) is 11.0 Å². The van der Waals surface area contributed by atoms with Crippen molar-refractivity contribution in [3.8, 4) is 0 Å². The first-order valence-corrected chi connectivity index (χ1v) is 5.74. The Labute approximate surface area is 94.7 Å². The predicted octanol–water partition coefficient (Wildman–Crippen LogP) is 1.29. The molecule has 2 aromatic heterocycles. The van der Waals surface area contributed by atoms with E-state index in [0.717, 1.165) is 18.6 Å². The topological polar surface area (TPSA) is 42.7 Å². The summed E-state index contributed by atoms with van der Waals surface area (Å²) in [6, 6.07) is 2.03. The summed E-state index contributed by atoms with van der Waals surface area (Å²) in [7, 11) is 2.09. The highest BCUT2D eigenvalue weighted by Crippen LogP contribution is 2.28. The minimum atomic E-state index is 0.525. The minimum absolute atomic E-state index is 0.525. The number of hydrogen-bond acceptors (Lipinski definition) is 3. The van der Waals surface area contributed by atoms with Crippen molar-refractivity contribution in [3.63, 3.8) is 0 Å². The molecule has 1 fully saturated rings. The molecule has 1 aliphatic heterocycles. The molecule has 0 aromatic carbocycles. The highest BCUT2D eigenvalue weighted by molar-refractivity contribution is 5.74. The number of hydrogen-bond donors (Lipinski definition) is 1. The molecule has 0 radical (unpaired) electrons. The molecule has 1 saturated heterocycles. The number of fused-ring (bicyclic) bond motifs is 1. The van der Waals surface area contributed by atoms with Crippen LogP contribution >= 0.6 is 0 Å². The second-order valence-corrected chi connectivity index (χ2v) is 4.64. The van der Waals surface area contributed by atoms with Crippen molar-refractivity contribution in [2.45, 2.75) is 12.8 Å². The standard InChI is InChI=1S/C12H16N4/c1-8-5-14-6-9(8)12-15-10-7-13-4-3-11(10)16(12)2/h3-4,7-9,14H,5-6H2,1-2H3. The van der Waals surface area contributed by atoms with Crippen LogP contribution in [0.15, 0.2) is 18.5 Å². The maximum absolute atomic E-state index is 4.71. The zero-order chi connectivity index (χ0) is 11.1. The largest absolute Gasteiger partial charge is 0.331 e. The Morgan fingerprint density at radius 3 is 3.00 bits per heavy atom. The average molecular weight is 216 g/mol. The van der Waals surface area contributed by atoms with E-state index in [-0.39, 0.29) is 0 Å². The molecule has 16 heavy (non-hydrogen) atoms. The van der Waals surface area contributed by atoms with Gasteiger partial charge in [0, 0.05) is 25.7 Å². The van der Waals surface area contributed by atoms with Crippen LogP contribution in [0.3, 0.4) is 0 Å². The van der Waals surface area contributed by atoms with Crippen molar-refractivity contribution in [2.24, 2.45) is 13.0 Å². The first-order valence-electron chi connectivity index (χ1n) is 5.74. The van der Waals surface area contributed by atoms with Crippen LogP contribution in [0, 0.1) is 5.92 Å². The van der Waals surface area contributed by atoms with Crippen LogP contribution in [-0.4, -0.2) is 27.6 Å². The number of rotatable bonds is 1. The molecule has 0 spiro atoms. The molecule has 2 aromatic rings. The van der Waals surface area contributed by atoms with Gasteiger partial charge in [-0.2, -0.15) is 0 Å². The van der Waals surface area contributed by atoms with Crippen molar-refractivity contribution in [1.29, 1.82) is 0 Å². The number of aromatic nitrogens is 3. The highest BCUT2D eigenvalue weighted by Gasteiger charge is 2.28. The SMILES string of the molecule is CC1CNCC1c1nc2cnccc2n1C. The normalized spacial score (nSPS) is 25.4. The zero-order valence-corrected chi connectivity index (χ0v) is 9.64. The first kappa shape index (κ1) is 9.78. The average Bonchev–Trinajstić information content (AvgIpc) is 2.84. The molecule has 0 bridgehead atoms. The summed E-state index contributed by atoms with van der Waals surface area (Å²) >= 11 is 0. The number of imidazole rings is 1. The summed E-state index contributed by atoms with van der Waals surface area (Å²) in [5.74, 6) is 2.36. The van der Waals surface area contributed by atoms with Gasteiger partial charge in [-0.05, 0) is 18.5 Å². The third-order valence-corrected chi connectivity index (χ3v) is 3.57. The minimum Gasteiger partial charge on any atom is -0.331 e. The molecule has 0 amide bonds. The van der Waals surface area contributed by atoms with Gasteiger partial charge in [-0.3, -0.25) is 4.98 Å². The number of nitrogens with one attached hydrogen (secondary N) is 1. The summed E-state index contributed by atoms with van der Waals surface area (Å²) in [5, 5.41) is 3.42. The molecule has 3 rings (SSSR count). The molecule has 0 saturated carbocycles. The van der Waals surface area contributed by atoms with E-state index in [2.05, 4.69) is 28.8 Å². The third kappa shape index (κ3) is 1.33. The molecular weight excluding hydrogens is 200 g/mol. The Morgan fingerprint density at radius 1 is 1.44 bits per heavy atom. The summed E-state index contributed by atoms with van der Waals surface area (Å²) in [4.78, 5) is 8.83. The van der Waals surface area contributed by atoms with Crippen LogP contribution in [0.4, 0.5) is 0 Å². The van der Waals surface area contributed by atoms with E-state index in [4.69, 9.17) is 4.98 Å². The zero-order valence-electron chi connectivity index (χ0n) is 9.64. The van der Waals surface area contributed by atoms with Crippen LogP contribution in [0.1, 0.15) is 18.7 Å². The number of aryl methyl sites for hydroxylation is 1. The Balaban J connectivity index is 2.13. The fourth-order valence-corrected chi connectivity index (χ4v) is 2.56. The van der Waals surface area contributed by atoms with E-state index in [1.807, 2.05) is 18.5 Å². The second kappa shape index (κ2) is 3.56. The quantitative estimate of drug-likeness (QED) is 0.781. The molecule has 1 N–H and O–H groups in total. The lowest BCUT2D eigenvalue weighted by Gasteiger charge is -2.13. The molecule has 84 valence electrons. The van der Waals surface area contributed by atoms with Gasteiger partial charge >= 0.3 is 0 Å². The summed E-state index contributed by atoms with van der Waals surface area (Å²) in [6.45, 7) is 4.40. The van der Waals surface area contributed by atoms with Gasteiger partial charge in [-0.25, -0.2) is 4.98 Å². The molecule has 2 atom stereocenters. The maximum Gasteiger partial charge on any atom is 0.114 e. The molecule has 4 nitrogen and oxygen atoms in total. The van der Waals surface area contributed by atoms with E-state index in [1.165, 1.54) is 11.3 Å². The van der Waals surface area contributed by atoms with Gasteiger partial charge in [0.15, 0.2) is 0 Å². The van der Waals surface area contributed by atoms with E-state index < -0.39 is 0 Å². The fourth-order valence-electron chi connectivity index (χ4n) is 2.56. The third-order valence-electron chi connectivity index (χ3n) is 3.57. The van der Waals surface area contributed by atoms with Crippen molar-refractivity contribution in [2.75, 3.05) is 13.1 Å². The number of pyridine rings is 1. The van der Waals surface area contributed by atoms with Gasteiger partial charge in [-0.1, -0.05) is 6.92 Å². The summed E-state index contributed by atoms with van der Waals surface area (Å²) in [6.07, 6.45) is 3.66. The van der Waals surface area contributed by atoms with Crippen molar-refractivity contribution in [1.82, 2.24) is 19.9 Å². The Morgan fingerprint density at radius 2 is 2.31 bits per heavy atom. The van der Waals surface area contributed by atoms with Gasteiger partial charge in [0.1, 0.15) is 11.3 Å². The predicted molar refractivity (Wildman–Crippen MR) is 63.3 cm³/mol. The van der Waals surface area contributed by atoms with Crippen LogP contribution in [0.5, 0.6) is 0 Å². The highest BCUT2D eigenvalue weighted by atomic mass is 15.1. The molecule has 1 aliphatic rings. The number of nitrogens with zero attached hydrogens (tertiary/aromatic N) is 3. The summed E-state index contributed by atoms with van der Waals surface area (Å²) in [5.41, 5.74) is 2.17. The van der Waals surface area contributed by atoms with Crippen LogP contribution < -0.4 is 5.32 Å². The monoisotopic (exact) mass is 216 g/mol. The lowest BCUT2D eigenvalue weighted by Crippen LogP contribution is -2.13. The maximum atomic E-state index is 4.71. The molecule has 3 heterocycles. The fraction of sp³-hybridized carbons (Fsp3) is 0.500. The van der Waals surface area contributed by atoms with E-state index >= 15 is 0 Å². The lowest BCUT2D eigenvalue weighted by atomic mass is 9.97. The van der Waals surface area contributed by atoms with Crippen molar-refractivity contribution in [3.05, 3.63) is 24.3 Å². The second-order valence-electron chi connectivity index (χ2n) is 4.64. The Hall–Kier alpha value is -1.42. The molecular formula is C12H16N4. The molecule has 4 heteroatoms. The first-order chi connectivity index (χ1) is 7.77. The van der Waals surface area contributed by atoms with Gasteiger partial charge in [0.2, 0.25) is 0 Å². The van der Waals surface area contributed by atoms with E-state index in [0.29, 0.717) is 11.8 Å². The molecule has 2 unspecified atom stereocenters. The Bertz CT molecular complexity index is 517.